The highest BCUT2D eigenvalue weighted by Gasteiger charge is 2.13. The van der Waals surface area contributed by atoms with Gasteiger partial charge in [0, 0.05) is 12.4 Å². The molecule has 2 aromatic heterocycles. The fourth-order valence-corrected chi connectivity index (χ4v) is 3.46. The Morgan fingerprint density at radius 3 is 2.53 bits per heavy atom. The molecule has 1 N–H and O–H groups in total. The normalized spacial score (nSPS) is 11.1. The smallest absolute Gasteiger partial charge is 0.273 e. The Kier molecular flexibility index (Phi) is 5.77. The second kappa shape index (κ2) is 8.80. The van der Waals surface area contributed by atoms with Gasteiger partial charge < -0.3 is 4.57 Å². The zero-order valence-corrected chi connectivity index (χ0v) is 17.1. The van der Waals surface area contributed by atoms with E-state index in [1.165, 1.54) is 6.21 Å². The molecule has 7 heteroatoms. The number of hydrogen-bond donors (Lipinski definition) is 1. The minimum Gasteiger partial charge on any atom is -0.323 e. The van der Waals surface area contributed by atoms with Gasteiger partial charge in [0.1, 0.15) is 5.15 Å². The molecule has 0 aliphatic rings. The number of benzene rings is 2. The van der Waals surface area contributed by atoms with E-state index in [1.54, 1.807) is 10.7 Å². The summed E-state index contributed by atoms with van der Waals surface area (Å²) in [5.41, 5.74) is 6.39. The molecule has 0 radical (unpaired) electrons. The molecular weight excluding hydrogens is 398 g/mol. The van der Waals surface area contributed by atoms with E-state index in [0.29, 0.717) is 22.8 Å². The number of hydrazone groups is 1. The fraction of sp³-hybridized carbons (Fsp3) is 0.0870. The predicted molar refractivity (Wildman–Crippen MR) is 118 cm³/mol. The molecule has 150 valence electrons. The summed E-state index contributed by atoms with van der Waals surface area (Å²) in [6.07, 6.45) is 5.31. The van der Waals surface area contributed by atoms with Crippen LogP contribution in [0.4, 0.5) is 0 Å². The van der Waals surface area contributed by atoms with Crippen LogP contribution in [0.2, 0.25) is 5.15 Å². The number of aryl methyl sites for hydroxylation is 1. The molecule has 0 unspecified atom stereocenters. The average molecular weight is 418 g/mol. The molecule has 0 spiro atoms. The standard InChI is InChI=1S/C23H20ClN5O/c1-17-20(22(24)29(27-17)16-18-9-3-2-4-10-18)15-25-26-23(30)19-11-5-6-12-21(19)28-13-7-8-14-28/h2-15H,16H2,1H3,(H,26,30)/b25-15+. The van der Waals surface area contributed by atoms with Crippen molar-refractivity contribution in [1.82, 2.24) is 19.8 Å². The van der Waals surface area contributed by atoms with Gasteiger partial charge in [0.25, 0.3) is 5.91 Å². The van der Waals surface area contributed by atoms with E-state index in [1.807, 2.05) is 84.5 Å². The summed E-state index contributed by atoms with van der Waals surface area (Å²) in [5.74, 6) is -0.305. The first-order valence-corrected chi connectivity index (χ1v) is 9.84. The van der Waals surface area contributed by atoms with Crippen molar-refractivity contribution in [3.8, 4) is 5.69 Å². The SMILES string of the molecule is Cc1nn(Cc2ccccc2)c(Cl)c1/C=N/NC(=O)c1ccccc1-n1cccc1. The van der Waals surface area contributed by atoms with Crippen LogP contribution in [0.3, 0.4) is 0 Å². The fourth-order valence-electron chi connectivity index (χ4n) is 3.18. The molecule has 0 aliphatic heterocycles. The van der Waals surface area contributed by atoms with Crippen molar-refractivity contribution in [3.63, 3.8) is 0 Å². The van der Waals surface area contributed by atoms with E-state index in [9.17, 15) is 4.79 Å². The van der Waals surface area contributed by atoms with E-state index in [4.69, 9.17) is 11.6 Å². The molecule has 4 rings (SSSR count). The number of nitrogens with one attached hydrogen (secondary N) is 1. The van der Waals surface area contributed by atoms with Gasteiger partial charge in [-0.15, -0.1) is 0 Å². The van der Waals surface area contributed by atoms with Gasteiger partial charge in [-0.1, -0.05) is 54.1 Å². The first-order chi connectivity index (χ1) is 14.6. The Labute approximate surface area is 179 Å². The van der Waals surface area contributed by atoms with Crippen molar-refractivity contribution in [2.45, 2.75) is 13.5 Å². The minimum atomic E-state index is -0.305. The third-order valence-electron chi connectivity index (χ3n) is 4.68. The second-order valence-electron chi connectivity index (χ2n) is 6.74. The molecule has 0 bridgehead atoms. The first-order valence-electron chi connectivity index (χ1n) is 9.46. The van der Waals surface area contributed by atoms with Crippen LogP contribution >= 0.6 is 11.6 Å². The van der Waals surface area contributed by atoms with Crippen LogP contribution in [-0.4, -0.2) is 26.5 Å². The molecule has 0 saturated heterocycles. The van der Waals surface area contributed by atoms with E-state index < -0.39 is 0 Å². The van der Waals surface area contributed by atoms with E-state index in [2.05, 4.69) is 15.6 Å². The number of rotatable bonds is 6. The Morgan fingerprint density at radius 1 is 1.07 bits per heavy atom. The number of aromatic nitrogens is 3. The van der Waals surface area contributed by atoms with Crippen LogP contribution in [0, 0.1) is 6.92 Å². The summed E-state index contributed by atoms with van der Waals surface area (Å²) in [4.78, 5) is 12.7. The number of para-hydroxylation sites is 1. The van der Waals surface area contributed by atoms with Crippen molar-refractivity contribution >= 4 is 23.7 Å². The number of hydrogen-bond acceptors (Lipinski definition) is 3. The van der Waals surface area contributed by atoms with E-state index in [0.717, 1.165) is 16.9 Å². The van der Waals surface area contributed by atoms with Crippen LogP contribution in [0.1, 0.15) is 27.2 Å². The lowest BCUT2D eigenvalue weighted by Crippen LogP contribution is -2.19. The zero-order valence-electron chi connectivity index (χ0n) is 16.4. The lowest BCUT2D eigenvalue weighted by Gasteiger charge is -2.09. The lowest BCUT2D eigenvalue weighted by atomic mass is 10.1. The molecule has 0 atom stereocenters. The van der Waals surface area contributed by atoms with Crippen molar-refractivity contribution in [2.75, 3.05) is 0 Å². The van der Waals surface area contributed by atoms with Crippen LogP contribution in [0.5, 0.6) is 0 Å². The lowest BCUT2D eigenvalue weighted by molar-refractivity contribution is 0.0955. The molecule has 6 nitrogen and oxygen atoms in total. The molecule has 2 heterocycles. The molecule has 30 heavy (non-hydrogen) atoms. The van der Waals surface area contributed by atoms with Gasteiger partial charge in [0.2, 0.25) is 0 Å². The number of amides is 1. The quantitative estimate of drug-likeness (QED) is 0.372. The van der Waals surface area contributed by atoms with Crippen molar-refractivity contribution < 1.29 is 4.79 Å². The van der Waals surface area contributed by atoms with Crippen molar-refractivity contribution in [2.24, 2.45) is 5.10 Å². The Hall–Kier alpha value is -3.64. The van der Waals surface area contributed by atoms with Crippen molar-refractivity contribution in [3.05, 3.63) is 107 Å². The van der Waals surface area contributed by atoms with E-state index in [-0.39, 0.29) is 5.91 Å². The summed E-state index contributed by atoms with van der Waals surface area (Å²) in [6.45, 7) is 2.42. The zero-order chi connectivity index (χ0) is 20.9. The monoisotopic (exact) mass is 417 g/mol. The third kappa shape index (κ3) is 4.18. The summed E-state index contributed by atoms with van der Waals surface area (Å²) < 4.78 is 3.60. The number of carbonyl (C=O) groups excluding carboxylic acids is 1. The minimum absolute atomic E-state index is 0.305. The predicted octanol–water partition coefficient (Wildman–Crippen LogP) is 4.45. The van der Waals surface area contributed by atoms with Gasteiger partial charge >= 0.3 is 0 Å². The molecule has 4 aromatic rings. The van der Waals surface area contributed by atoms with Gasteiger partial charge in [-0.05, 0) is 36.8 Å². The summed E-state index contributed by atoms with van der Waals surface area (Å²) >= 11 is 6.50. The molecule has 2 aromatic carbocycles. The highest BCUT2D eigenvalue weighted by atomic mass is 35.5. The van der Waals surface area contributed by atoms with Gasteiger partial charge in [0.15, 0.2) is 0 Å². The summed E-state index contributed by atoms with van der Waals surface area (Å²) in [7, 11) is 0. The number of halogens is 1. The third-order valence-corrected chi connectivity index (χ3v) is 5.07. The Balaban J connectivity index is 1.50. The van der Waals surface area contributed by atoms with Gasteiger partial charge in [-0.2, -0.15) is 10.2 Å². The first kappa shape index (κ1) is 19.7. The largest absolute Gasteiger partial charge is 0.323 e. The Bertz CT molecular complexity index is 1180. The number of carbonyl (C=O) groups is 1. The maximum absolute atomic E-state index is 12.7. The summed E-state index contributed by atoms with van der Waals surface area (Å²) in [5, 5.41) is 9.07. The molecule has 0 fully saturated rings. The van der Waals surface area contributed by atoms with Gasteiger partial charge in [-0.3, -0.25) is 4.79 Å². The van der Waals surface area contributed by atoms with Gasteiger partial charge in [-0.25, -0.2) is 10.1 Å². The second-order valence-corrected chi connectivity index (χ2v) is 7.10. The average Bonchev–Trinajstić information content (AvgIpc) is 3.39. The topological polar surface area (TPSA) is 64.2 Å². The molecule has 0 aliphatic carbocycles. The maximum Gasteiger partial charge on any atom is 0.273 e. The van der Waals surface area contributed by atoms with Gasteiger partial charge in [0.05, 0.1) is 35.3 Å². The molecule has 1 amide bonds. The molecular formula is C23H20ClN5O. The maximum atomic E-state index is 12.7. The number of nitrogens with zero attached hydrogens (tertiary/aromatic N) is 4. The molecule has 0 saturated carbocycles. The summed E-state index contributed by atoms with van der Waals surface area (Å²) in [6, 6.07) is 21.1. The van der Waals surface area contributed by atoms with Crippen molar-refractivity contribution in [1.29, 1.82) is 0 Å². The highest BCUT2D eigenvalue weighted by Crippen LogP contribution is 2.19. The Morgan fingerprint density at radius 2 is 1.77 bits per heavy atom. The van der Waals surface area contributed by atoms with Crippen LogP contribution in [0.25, 0.3) is 5.69 Å². The van der Waals surface area contributed by atoms with E-state index >= 15 is 0 Å². The van der Waals surface area contributed by atoms with Crippen LogP contribution in [0.15, 0.2) is 84.2 Å². The van der Waals surface area contributed by atoms with Crippen LogP contribution < -0.4 is 5.43 Å². The van der Waals surface area contributed by atoms with Crippen LogP contribution in [-0.2, 0) is 6.54 Å². The highest BCUT2D eigenvalue weighted by molar-refractivity contribution is 6.32.